The van der Waals surface area contributed by atoms with E-state index in [2.05, 4.69) is 25.9 Å². The highest BCUT2D eigenvalue weighted by atomic mass is 79.9. The minimum atomic E-state index is 0.300. The molecule has 0 aliphatic carbocycles. The second-order valence-corrected chi connectivity index (χ2v) is 5.16. The largest absolute Gasteiger partial charge is 0.330 e. The van der Waals surface area contributed by atoms with Gasteiger partial charge in [0.1, 0.15) is 5.52 Å². The van der Waals surface area contributed by atoms with Crippen molar-refractivity contribution in [1.29, 1.82) is 0 Å². The quantitative estimate of drug-likeness (QED) is 0.887. The summed E-state index contributed by atoms with van der Waals surface area (Å²) in [7, 11) is 0. The zero-order valence-electron chi connectivity index (χ0n) is 7.83. The fourth-order valence-electron chi connectivity index (χ4n) is 1.36. The van der Waals surface area contributed by atoms with Crippen molar-refractivity contribution in [2.75, 3.05) is 6.54 Å². The topological polar surface area (TPSA) is 51.8 Å². The highest BCUT2D eigenvalue weighted by Gasteiger charge is 2.10. The molecule has 2 N–H and O–H groups in total. The van der Waals surface area contributed by atoms with E-state index in [4.69, 9.17) is 17.3 Å². The van der Waals surface area contributed by atoms with E-state index in [1.165, 1.54) is 0 Å². The second kappa shape index (κ2) is 4.74. The van der Waals surface area contributed by atoms with Gasteiger partial charge >= 0.3 is 0 Å². The van der Waals surface area contributed by atoms with Gasteiger partial charge in [-0.1, -0.05) is 0 Å². The van der Waals surface area contributed by atoms with Crippen LogP contribution in [0.3, 0.4) is 0 Å². The van der Waals surface area contributed by atoms with Crippen molar-refractivity contribution in [3.05, 3.63) is 20.8 Å². The molecule has 0 unspecified atom stereocenters. The molecule has 2 heterocycles. The summed E-state index contributed by atoms with van der Waals surface area (Å²) in [5.74, 6) is 0. The molecule has 0 aliphatic rings. The van der Waals surface area contributed by atoms with Gasteiger partial charge in [0.15, 0.2) is 0 Å². The molecular formula is C9H9BrClN3S. The van der Waals surface area contributed by atoms with E-state index in [1.807, 2.05) is 5.38 Å². The third kappa shape index (κ3) is 2.30. The molecule has 0 atom stereocenters. The molecule has 2 aromatic heterocycles. The Labute approximate surface area is 105 Å². The van der Waals surface area contributed by atoms with E-state index < -0.39 is 0 Å². The molecule has 0 fully saturated rings. The number of nitrogens with zero attached hydrogens (tertiary/aromatic N) is 2. The number of aryl methyl sites for hydroxylation is 1. The van der Waals surface area contributed by atoms with Crippen LogP contribution in [-0.2, 0) is 6.42 Å². The average Bonchev–Trinajstić information content (AvgIpc) is 2.57. The van der Waals surface area contributed by atoms with Gasteiger partial charge in [-0.25, -0.2) is 9.97 Å². The lowest BCUT2D eigenvalue weighted by atomic mass is 10.2. The van der Waals surface area contributed by atoms with Crippen molar-refractivity contribution in [2.45, 2.75) is 12.8 Å². The molecule has 0 amide bonds. The number of thiophene rings is 1. The molecule has 3 nitrogen and oxygen atoms in total. The first kappa shape index (κ1) is 11.3. The van der Waals surface area contributed by atoms with Crippen LogP contribution in [0.2, 0.25) is 5.28 Å². The van der Waals surface area contributed by atoms with Crippen LogP contribution < -0.4 is 5.73 Å². The van der Waals surface area contributed by atoms with Crippen molar-refractivity contribution in [3.8, 4) is 0 Å². The lowest BCUT2D eigenvalue weighted by molar-refractivity contribution is 0.815. The number of hydrogen-bond donors (Lipinski definition) is 1. The predicted octanol–water partition coefficient (Wildman–Crippen LogP) is 3.00. The lowest BCUT2D eigenvalue weighted by Crippen LogP contribution is -2.02. The summed E-state index contributed by atoms with van der Waals surface area (Å²) in [5.41, 5.74) is 7.37. The Hall–Kier alpha value is -0.230. The highest BCUT2D eigenvalue weighted by Crippen LogP contribution is 2.31. The maximum atomic E-state index is 5.86. The summed E-state index contributed by atoms with van der Waals surface area (Å²) in [4.78, 5) is 8.43. The molecule has 0 saturated carbocycles. The molecule has 0 spiro atoms. The number of hydrogen-bond acceptors (Lipinski definition) is 4. The van der Waals surface area contributed by atoms with Gasteiger partial charge < -0.3 is 5.73 Å². The highest BCUT2D eigenvalue weighted by molar-refractivity contribution is 9.10. The van der Waals surface area contributed by atoms with Gasteiger partial charge in [0.05, 0.1) is 14.9 Å². The number of halogens is 2. The zero-order chi connectivity index (χ0) is 10.8. The van der Waals surface area contributed by atoms with Crippen LogP contribution in [0.1, 0.15) is 12.1 Å². The van der Waals surface area contributed by atoms with Gasteiger partial charge in [0.25, 0.3) is 0 Å². The molecule has 2 rings (SSSR count). The van der Waals surface area contributed by atoms with Gasteiger partial charge in [-0.3, -0.25) is 0 Å². The normalized spacial score (nSPS) is 11.1. The Kier molecular flexibility index (Phi) is 3.56. The smallest absolute Gasteiger partial charge is 0.223 e. The van der Waals surface area contributed by atoms with Crippen LogP contribution >= 0.6 is 38.9 Å². The van der Waals surface area contributed by atoms with Crippen molar-refractivity contribution in [1.82, 2.24) is 9.97 Å². The maximum Gasteiger partial charge on any atom is 0.223 e. The number of nitrogens with two attached hydrogens (primary N) is 1. The van der Waals surface area contributed by atoms with E-state index in [-0.39, 0.29) is 0 Å². The molecule has 0 saturated heterocycles. The van der Waals surface area contributed by atoms with Crippen LogP contribution in [0.4, 0.5) is 0 Å². The lowest BCUT2D eigenvalue weighted by Gasteiger charge is -2.01. The van der Waals surface area contributed by atoms with Gasteiger partial charge in [0.2, 0.25) is 5.28 Å². The van der Waals surface area contributed by atoms with Crippen LogP contribution in [0.15, 0.2) is 9.85 Å². The first-order valence-corrected chi connectivity index (χ1v) is 6.56. The Bertz CT molecular complexity index is 485. The monoisotopic (exact) mass is 305 g/mol. The van der Waals surface area contributed by atoms with Crippen molar-refractivity contribution in [2.24, 2.45) is 5.73 Å². The summed E-state index contributed by atoms with van der Waals surface area (Å²) in [6.07, 6.45) is 1.76. The second-order valence-electron chi connectivity index (χ2n) is 3.09. The van der Waals surface area contributed by atoms with E-state index in [9.17, 15) is 0 Å². The Balaban J connectivity index is 2.52. The van der Waals surface area contributed by atoms with E-state index in [0.29, 0.717) is 11.8 Å². The molecule has 0 aromatic carbocycles. The molecular weight excluding hydrogens is 298 g/mol. The Morgan fingerprint density at radius 2 is 2.27 bits per heavy atom. The van der Waals surface area contributed by atoms with Crippen LogP contribution in [0, 0.1) is 0 Å². The average molecular weight is 307 g/mol. The van der Waals surface area contributed by atoms with Crippen LogP contribution in [0.25, 0.3) is 10.2 Å². The standard InChI is InChI=1S/C9H9BrClN3S/c10-5-4-15-8-6(2-1-3-12)13-9(11)14-7(5)8/h4H,1-3,12H2. The van der Waals surface area contributed by atoms with Crippen molar-refractivity contribution in [3.63, 3.8) is 0 Å². The summed E-state index contributed by atoms with van der Waals surface area (Å²) < 4.78 is 2.07. The number of rotatable bonds is 3. The molecule has 0 aliphatic heterocycles. The Morgan fingerprint density at radius 3 is 3.00 bits per heavy atom. The minimum absolute atomic E-state index is 0.300. The summed E-state index contributed by atoms with van der Waals surface area (Å²) in [6.45, 7) is 0.662. The molecule has 80 valence electrons. The predicted molar refractivity (Wildman–Crippen MR) is 67.5 cm³/mol. The van der Waals surface area contributed by atoms with Gasteiger partial charge in [-0.05, 0) is 46.9 Å². The first-order valence-electron chi connectivity index (χ1n) is 4.51. The SMILES string of the molecule is NCCCc1nc(Cl)nc2c(Br)csc12. The third-order valence-electron chi connectivity index (χ3n) is 2.03. The molecule has 2 aromatic rings. The third-order valence-corrected chi connectivity index (χ3v) is 4.13. The van der Waals surface area contributed by atoms with E-state index in [0.717, 1.165) is 33.2 Å². The molecule has 15 heavy (non-hydrogen) atoms. The first-order chi connectivity index (χ1) is 7.22. The van der Waals surface area contributed by atoms with Gasteiger partial charge in [0, 0.05) is 5.38 Å². The number of fused-ring (bicyclic) bond motifs is 1. The van der Waals surface area contributed by atoms with Gasteiger partial charge in [-0.2, -0.15) is 0 Å². The van der Waals surface area contributed by atoms with Crippen LogP contribution in [0.5, 0.6) is 0 Å². The molecule has 6 heteroatoms. The molecule has 0 radical (unpaired) electrons. The van der Waals surface area contributed by atoms with Crippen LogP contribution in [-0.4, -0.2) is 16.5 Å². The zero-order valence-corrected chi connectivity index (χ0v) is 11.0. The van der Waals surface area contributed by atoms with Crippen molar-refractivity contribution < 1.29 is 0 Å². The summed E-state index contributed by atoms with van der Waals surface area (Å²) in [6, 6.07) is 0. The fraction of sp³-hybridized carbons (Fsp3) is 0.333. The van der Waals surface area contributed by atoms with Gasteiger partial charge in [-0.15, -0.1) is 11.3 Å². The summed E-state index contributed by atoms with van der Waals surface area (Å²) in [5, 5.41) is 2.30. The number of aromatic nitrogens is 2. The fourth-order valence-corrected chi connectivity index (χ4v) is 3.13. The van der Waals surface area contributed by atoms with E-state index in [1.54, 1.807) is 11.3 Å². The Morgan fingerprint density at radius 1 is 1.47 bits per heavy atom. The summed E-state index contributed by atoms with van der Waals surface area (Å²) >= 11 is 10.9. The van der Waals surface area contributed by atoms with E-state index >= 15 is 0 Å². The maximum absolute atomic E-state index is 5.86. The molecule has 0 bridgehead atoms. The van der Waals surface area contributed by atoms with Crippen molar-refractivity contribution >= 4 is 49.1 Å². The minimum Gasteiger partial charge on any atom is -0.330 e.